The molecule has 0 atom stereocenters. The second-order valence-electron chi connectivity index (χ2n) is 3.31. The van der Waals surface area contributed by atoms with E-state index in [4.69, 9.17) is 11.6 Å². The number of carbonyl (C=O) groups excluding carboxylic acids is 1. The van der Waals surface area contributed by atoms with Gasteiger partial charge in [-0.05, 0) is 30.2 Å². The fourth-order valence-electron chi connectivity index (χ4n) is 1.76. The minimum absolute atomic E-state index is 0. The van der Waals surface area contributed by atoms with Crippen molar-refractivity contribution in [3.8, 4) is 0 Å². The van der Waals surface area contributed by atoms with Crippen LogP contribution < -0.4 is 34.7 Å². The van der Waals surface area contributed by atoms with Gasteiger partial charge in [-0.15, -0.1) is 0 Å². The zero-order valence-corrected chi connectivity index (χ0v) is 11.9. The molecule has 0 amide bonds. The molecule has 3 nitrogen and oxygen atoms in total. The Morgan fingerprint density at radius 3 is 2.75 bits per heavy atom. The molecule has 78 valence electrons. The van der Waals surface area contributed by atoms with Crippen molar-refractivity contribution in [1.29, 1.82) is 0 Å². The van der Waals surface area contributed by atoms with Crippen LogP contribution in [0.25, 0.3) is 10.9 Å². The number of benzene rings is 1. The molecule has 0 aliphatic rings. The summed E-state index contributed by atoms with van der Waals surface area (Å²) in [5.41, 5.74) is 1.66. The molecule has 1 N–H and O–H groups in total. The molecule has 0 aliphatic carbocycles. The third-order valence-corrected chi connectivity index (χ3v) is 2.66. The van der Waals surface area contributed by atoms with Gasteiger partial charge in [0.2, 0.25) is 0 Å². The SMILES string of the molecule is CCc1c(C(=O)[O-])[nH]c2ccc(Cl)cc12.[Na+]. The Kier molecular flexibility index (Phi) is 4.44. The van der Waals surface area contributed by atoms with Crippen LogP contribution in [-0.4, -0.2) is 11.0 Å². The van der Waals surface area contributed by atoms with Crippen molar-refractivity contribution < 1.29 is 39.5 Å². The topological polar surface area (TPSA) is 55.9 Å². The van der Waals surface area contributed by atoms with E-state index >= 15 is 0 Å². The smallest absolute Gasteiger partial charge is 0.543 e. The predicted octanol–water partition coefficient (Wildman–Crippen LogP) is -1.25. The first-order valence-corrected chi connectivity index (χ1v) is 5.02. The number of hydrogen-bond acceptors (Lipinski definition) is 2. The first-order chi connectivity index (χ1) is 7.13. The number of halogens is 1. The maximum Gasteiger partial charge on any atom is 1.00 e. The van der Waals surface area contributed by atoms with Crippen molar-refractivity contribution in [2.24, 2.45) is 0 Å². The van der Waals surface area contributed by atoms with Crippen molar-refractivity contribution >= 4 is 28.5 Å². The Hall–Kier alpha value is -0.480. The summed E-state index contributed by atoms with van der Waals surface area (Å²) in [5.74, 6) is -1.18. The van der Waals surface area contributed by atoms with Gasteiger partial charge in [-0.1, -0.05) is 18.5 Å². The van der Waals surface area contributed by atoms with Crippen LogP contribution in [0.1, 0.15) is 23.0 Å². The van der Waals surface area contributed by atoms with Gasteiger partial charge in [0.1, 0.15) is 0 Å². The number of aromatic carboxylic acids is 1. The summed E-state index contributed by atoms with van der Waals surface area (Å²) >= 11 is 5.86. The molecule has 1 aromatic heterocycles. The number of nitrogens with one attached hydrogen (secondary N) is 1. The molecular formula is C11H9ClNNaO2. The molecule has 5 heteroatoms. The van der Waals surface area contributed by atoms with Gasteiger partial charge < -0.3 is 14.9 Å². The number of hydrogen-bond donors (Lipinski definition) is 1. The van der Waals surface area contributed by atoms with Crippen LogP contribution >= 0.6 is 11.6 Å². The van der Waals surface area contributed by atoms with E-state index in [1.54, 1.807) is 18.2 Å². The van der Waals surface area contributed by atoms with Gasteiger partial charge in [-0.2, -0.15) is 0 Å². The normalized spacial score (nSPS) is 10.1. The number of carbonyl (C=O) groups is 1. The Balaban J connectivity index is 0.00000128. The van der Waals surface area contributed by atoms with Gasteiger partial charge in [-0.25, -0.2) is 0 Å². The average Bonchev–Trinajstić information content (AvgIpc) is 2.55. The molecule has 0 spiro atoms. The van der Waals surface area contributed by atoms with E-state index in [9.17, 15) is 9.90 Å². The third kappa shape index (κ3) is 2.28. The number of aryl methyl sites for hydroxylation is 1. The third-order valence-electron chi connectivity index (χ3n) is 2.43. The van der Waals surface area contributed by atoms with E-state index in [0.29, 0.717) is 11.4 Å². The molecular weight excluding hydrogens is 237 g/mol. The van der Waals surface area contributed by atoms with Crippen LogP contribution in [0.5, 0.6) is 0 Å². The summed E-state index contributed by atoms with van der Waals surface area (Å²) in [6.07, 6.45) is 0.629. The largest absolute Gasteiger partial charge is 1.00 e. The summed E-state index contributed by atoms with van der Waals surface area (Å²) in [6.45, 7) is 1.90. The van der Waals surface area contributed by atoms with E-state index in [-0.39, 0.29) is 35.3 Å². The number of aromatic nitrogens is 1. The van der Waals surface area contributed by atoms with Crippen molar-refractivity contribution in [3.63, 3.8) is 0 Å². The second kappa shape index (κ2) is 5.23. The van der Waals surface area contributed by atoms with Crippen LogP contribution in [0.4, 0.5) is 0 Å². The second-order valence-corrected chi connectivity index (χ2v) is 3.75. The Morgan fingerprint density at radius 1 is 1.50 bits per heavy atom. The molecule has 0 aliphatic heterocycles. The minimum Gasteiger partial charge on any atom is -0.543 e. The molecule has 0 fully saturated rings. The van der Waals surface area contributed by atoms with Gasteiger partial charge in [0.15, 0.2) is 0 Å². The molecule has 0 radical (unpaired) electrons. The van der Waals surface area contributed by atoms with Crippen molar-refractivity contribution in [3.05, 3.63) is 34.5 Å². The van der Waals surface area contributed by atoms with Crippen molar-refractivity contribution in [2.75, 3.05) is 0 Å². The molecule has 2 aromatic rings. The molecule has 0 saturated carbocycles. The fourth-order valence-corrected chi connectivity index (χ4v) is 1.93. The summed E-state index contributed by atoms with van der Waals surface area (Å²) in [6, 6.07) is 5.25. The van der Waals surface area contributed by atoms with Gasteiger partial charge in [0, 0.05) is 15.9 Å². The molecule has 16 heavy (non-hydrogen) atoms. The van der Waals surface area contributed by atoms with Crippen LogP contribution in [0, 0.1) is 0 Å². The fraction of sp³-hybridized carbons (Fsp3) is 0.182. The molecule has 0 unspecified atom stereocenters. The molecule has 0 saturated heterocycles. The summed E-state index contributed by atoms with van der Waals surface area (Å²) in [5, 5.41) is 12.3. The van der Waals surface area contributed by atoms with E-state index in [1.807, 2.05) is 6.92 Å². The van der Waals surface area contributed by atoms with Crippen molar-refractivity contribution in [1.82, 2.24) is 4.98 Å². The molecule has 0 bridgehead atoms. The van der Waals surface area contributed by atoms with Gasteiger partial charge in [-0.3, -0.25) is 0 Å². The molecule has 1 heterocycles. The molecule has 2 rings (SSSR count). The Morgan fingerprint density at radius 2 is 2.19 bits per heavy atom. The van der Waals surface area contributed by atoms with E-state index in [2.05, 4.69) is 4.98 Å². The van der Waals surface area contributed by atoms with Gasteiger partial charge in [0.25, 0.3) is 0 Å². The van der Waals surface area contributed by atoms with Crippen LogP contribution in [0.2, 0.25) is 5.02 Å². The number of rotatable bonds is 2. The Labute approximate surface area is 120 Å². The van der Waals surface area contributed by atoms with Gasteiger partial charge >= 0.3 is 29.6 Å². The average molecular weight is 246 g/mol. The Bertz CT molecular complexity index is 536. The first kappa shape index (κ1) is 13.6. The van der Waals surface area contributed by atoms with E-state index < -0.39 is 5.97 Å². The maximum atomic E-state index is 10.9. The minimum atomic E-state index is -1.18. The van der Waals surface area contributed by atoms with Crippen LogP contribution in [0.15, 0.2) is 18.2 Å². The summed E-state index contributed by atoms with van der Waals surface area (Å²) in [4.78, 5) is 13.7. The summed E-state index contributed by atoms with van der Waals surface area (Å²) < 4.78 is 0. The van der Waals surface area contributed by atoms with E-state index in [0.717, 1.165) is 16.5 Å². The first-order valence-electron chi connectivity index (χ1n) is 4.65. The van der Waals surface area contributed by atoms with Crippen LogP contribution in [0.3, 0.4) is 0 Å². The molecule has 1 aromatic carbocycles. The number of carboxylic acids is 1. The number of carboxylic acid groups (broad SMARTS) is 1. The number of H-pyrrole nitrogens is 1. The van der Waals surface area contributed by atoms with Crippen molar-refractivity contribution in [2.45, 2.75) is 13.3 Å². The zero-order chi connectivity index (χ0) is 11.0. The quantitative estimate of drug-likeness (QED) is 0.673. The number of fused-ring (bicyclic) bond motifs is 1. The maximum absolute atomic E-state index is 10.9. The van der Waals surface area contributed by atoms with Crippen LogP contribution in [-0.2, 0) is 6.42 Å². The monoisotopic (exact) mass is 245 g/mol. The van der Waals surface area contributed by atoms with E-state index in [1.165, 1.54) is 0 Å². The predicted molar refractivity (Wildman–Crippen MR) is 57.0 cm³/mol. The zero-order valence-electron chi connectivity index (χ0n) is 9.13. The summed E-state index contributed by atoms with van der Waals surface area (Å²) in [7, 11) is 0. The van der Waals surface area contributed by atoms with Gasteiger partial charge in [0.05, 0.1) is 11.7 Å². The number of aromatic amines is 1. The standard InChI is InChI=1S/C11H10ClNO2.Na/c1-2-7-8-5-6(12)3-4-9(8)13-10(7)11(14)15;/h3-5,13H,2H2,1H3,(H,14,15);/q;+1/p-1.